The van der Waals surface area contributed by atoms with E-state index in [1.165, 1.54) is 14.2 Å². The SMILES string of the molecule is C=C1[C@H](OCc2ccccc2)[C@@H](COCc2ccccc2)OC1(C(=O)OC)C(=O)OC. The van der Waals surface area contributed by atoms with E-state index in [0.717, 1.165) is 11.1 Å². The first-order valence-corrected chi connectivity index (χ1v) is 9.84. The van der Waals surface area contributed by atoms with Crippen LogP contribution in [-0.2, 0) is 46.5 Å². The van der Waals surface area contributed by atoms with Crippen molar-refractivity contribution in [2.45, 2.75) is 31.0 Å². The third-order valence-electron chi connectivity index (χ3n) is 5.07. The van der Waals surface area contributed by atoms with Crippen molar-refractivity contribution < 1.29 is 33.3 Å². The lowest BCUT2D eigenvalue weighted by Gasteiger charge is -2.24. The predicted octanol–water partition coefficient (Wildman–Crippen LogP) is 2.83. The maximum atomic E-state index is 12.6. The Morgan fingerprint density at radius 2 is 1.42 bits per heavy atom. The molecule has 1 aliphatic heterocycles. The maximum Gasteiger partial charge on any atom is 0.354 e. The van der Waals surface area contributed by atoms with Crippen LogP contribution in [0, 0.1) is 0 Å². The maximum absolute atomic E-state index is 12.6. The van der Waals surface area contributed by atoms with Gasteiger partial charge in [0, 0.05) is 5.57 Å². The van der Waals surface area contributed by atoms with Crippen molar-refractivity contribution in [2.24, 2.45) is 0 Å². The first kappa shape index (κ1) is 22.7. The number of carbonyl (C=O) groups excluding carboxylic acids is 2. The van der Waals surface area contributed by atoms with E-state index in [4.69, 9.17) is 23.7 Å². The van der Waals surface area contributed by atoms with E-state index in [1.54, 1.807) is 0 Å². The molecule has 0 saturated carbocycles. The number of esters is 2. The highest BCUT2D eigenvalue weighted by Crippen LogP contribution is 2.39. The van der Waals surface area contributed by atoms with Crippen LogP contribution in [0.3, 0.4) is 0 Å². The van der Waals surface area contributed by atoms with Crippen molar-refractivity contribution in [1.82, 2.24) is 0 Å². The van der Waals surface area contributed by atoms with E-state index in [2.05, 4.69) is 6.58 Å². The predicted molar refractivity (Wildman–Crippen MR) is 112 cm³/mol. The second-order valence-electron chi connectivity index (χ2n) is 7.06. The van der Waals surface area contributed by atoms with Crippen molar-refractivity contribution in [2.75, 3.05) is 20.8 Å². The Balaban J connectivity index is 1.80. The minimum Gasteiger partial charge on any atom is -0.466 e. The molecule has 0 bridgehead atoms. The number of hydrogen-bond acceptors (Lipinski definition) is 7. The van der Waals surface area contributed by atoms with Crippen molar-refractivity contribution in [3.8, 4) is 0 Å². The number of ether oxygens (including phenoxy) is 5. The second-order valence-corrected chi connectivity index (χ2v) is 7.06. The van der Waals surface area contributed by atoms with Gasteiger partial charge >= 0.3 is 11.9 Å². The van der Waals surface area contributed by atoms with E-state index >= 15 is 0 Å². The average molecular weight is 426 g/mol. The summed E-state index contributed by atoms with van der Waals surface area (Å²) in [6.45, 7) is 4.59. The molecule has 1 saturated heterocycles. The largest absolute Gasteiger partial charge is 0.466 e. The zero-order valence-corrected chi connectivity index (χ0v) is 17.6. The van der Waals surface area contributed by atoms with E-state index in [9.17, 15) is 9.59 Å². The van der Waals surface area contributed by atoms with E-state index in [0.29, 0.717) is 6.61 Å². The summed E-state index contributed by atoms with van der Waals surface area (Å²) < 4.78 is 27.4. The highest BCUT2D eigenvalue weighted by molar-refractivity contribution is 6.08. The van der Waals surface area contributed by atoms with Gasteiger partial charge in [0.25, 0.3) is 5.60 Å². The fraction of sp³-hybridized carbons (Fsp3) is 0.333. The van der Waals surface area contributed by atoms with Gasteiger partial charge in [0.15, 0.2) is 0 Å². The fourth-order valence-electron chi connectivity index (χ4n) is 3.48. The molecular weight excluding hydrogens is 400 g/mol. The first-order valence-electron chi connectivity index (χ1n) is 9.84. The molecule has 0 aliphatic carbocycles. The van der Waals surface area contributed by atoms with Crippen LogP contribution in [-0.4, -0.2) is 50.6 Å². The molecule has 1 fully saturated rings. The lowest BCUT2D eigenvalue weighted by Crippen LogP contribution is -2.50. The number of carbonyl (C=O) groups is 2. The Kier molecular flexibility index (Phi) is 7.57. The van der Waals surface area contributed by atoms with Crippen molar-refractivity contribution in [1.29, 1.82) is 0 Å². The van der Waals surface area contributed by atoms with Crippen molar-refractivity contribution in [3.63, 3.8) is 0 Å². The molecule has 164 valence electrons. The number of benzene rings is 2. The molecule has 2 aromatic rings. The molecule has 2 atom stereocenters. The second kappa shape index (κ2) is 10.3. The summed E-state index contributed by atoms with van der Waals surface area (Å²) in [5.74, 6) is -1.83. The zero-order valence-electron chi connectivity index (χ0n) is 17.6. The lowest BCUT2D eigenvalue weighted by atomic mass is 9.92. The highest BCUT2D eigenvalue weighted by atomic mass is 16.6. The molecule has 3 rings (SSSR count). The Morgan fingerprint density at radius 1 is 0.903 bits per heavy atom. The normalized spacial score (nSPS) is 19.7. The Bertz CT molecular complexity index is 879. The summed E-state index contributed by atoms with van der Waals surface area (Å²) in [5, 5.41) is 0. The smallest absolute Gasteiger partial charge is 0.354 e. The Morgan fingerprint density at radius 3 is 1.94 bits per heavy atom. The van der Waals surface area contributed by atoms with Gasteiger partial charge in [-0.15, -0.1) is 0 Å². The van der Waals surface area contributed by atoms with Gasteiger partial charge in [0.05, 0.1) is 34.0 Å². The van der Waals surface area contributed by atoms with Gasteiger partial charge in [-0.2, -0.15) is 0 Å². The molecule has 1 heterocycles. The van der Waals surface area contributed by atoms with E-state index in [-0.39, 0.29) is 18.8 Å². The van der Waals surface area contributed by atoms with Crippen LogP contribution in [0.25, 0.3) is 0 Å². The summed E-state index contributed by atoms with van der Waals surface area (Å²) in [6, 6.07) is 19.1. The summed E-state index contributed by atoms with van der Waals surface area (Å²) >= 11 is 0. The summed E-state index contributed by atoms with van der Waals surface area (Å²) in [4.78, 5) is 25.2. The number of hydrogen-bond donors (Lipinski definition) is 0. The van der Waals surface area contributed by atoms with Gasteiger partial charge in [-0.3, -0.25) is 0 Å². The Hall–Kier alpha value is -3.00. The summed E-state index contributed by atoms with van der Waals surface area (Å²) in [6.07, 6.45) is -1.55. The standard InChI is InChI=1S/C24H26O7/c1-17-21(30-15-19-12-8-5-9-13-19)20(16-29-14-18-10-6-4-7-11-18)31-24(17,22(25)27-2)23(26)28-3/h4-13,20-21H,1,14-16H2,2-3H3/t20-,21+/m1/s1. The fourth-order valence-corrected chi connectivity index (χ4v) is 3.48. The van der Waals surface area contributed by atoms with Gasteiger partial charge in [-0.1, -0.05) is 67.2 Å². The number of rotatable bonds is 9. The monoisotopic (exact) mass is 426 g/mol. The molecule has 0 aromatic heterocycles. The molecule has 1 aliphatic rings. The molecule has 0 unspecified atom stereocenters. The van der Waals surface area contributed by atoms with Crippen LogP contribution in [0.1, 0.15) is 11.1 Å². The molecule has 0 radical (unpaired) electrons. The third-order valence-corrected chi connectivity index (χ3v) is 5.07. The van der Waals surface area contributed by atoms with Crippen LogP contribution >= 0.6 is 0 Å². The molecule has 7 heteroatoms. The lowest BCUT2D eigenvalue weighted by molar-refractivity contribution is -0.185. The molecule has 0 spiro atoms. The summed E-state index contributed by atoms with van der Waals surface area (Å²) in [7, 11) is 2.34. The van der Waals surface area contributed by atoms with E-state index < -0.39 is 29.7 Å². The van der Waals surface area contributed by atoms with Crippen LogP contribution in [0.15, 0.2) is 72.8 Å². The zero-order chi connectivity index (χ0) is 22.3. The van der Waals surface area contributed by atoms with Gasteiger partial charge in [0.1, 0.15) is 12.2 Å². The van der Waals surface area contributed by atoms with Crippen LogP contribution in [0.4, 0.5) is 0 Å². The highest BCUT2D eigenvalue weighted by Gasteiger charge is 2.62. The summed E-state index contributed by atoms with van der Waals surface area (Å²) in [5.41, 5.74) is -0.0809. The molecule has 0 N–H and O–H groups in total. The van der Waals surface area contributed by atoms with Crippen LogP contribution in [0.2, 0.25) is 0 Å². The average Bonchev–Trinajstić information content (AvgIpc) is 3.10. The molecular formula is C24H26O7. The molecule has 2 aromatic carbocycles. The van der Waals surface area contributed by atoms with E-state index in [1.807, 2.05) is 60.7 Å². The third kappa shape index (κ3) is 4.85. The van der Waals surface area contributed by atoms with Gasteiger partial charge < -0.3 is 23.7 Å². The van der Waals surface area contributed by atoms with Crippen LogP contribution < -0.4 is 0 Å². The van der Waals surface area contributed by atoms with Gasteiger partial charge in [-0.05, 0) is 11.1 Å². The van der Waals surface area contributed by atoms with Crippen molar-refractivity contribution >= 4 is 11.9 Å². The molecule has 31 heavy (non-hydrogen) atoms. The van der Waals surface area contributed by atoms with Gasteiger partial charge in [0.2, 0.25) is 0 Å². The minimum atomic E-state index is -2.11. The number of methoxy groups -OCH3 is 2. The molecule has 0 amide bonds. The Labute approximate surface area is 181 Å². The molecule has 7 nitrogen and oxygen atoms in total. The quantitative estimate of drug-likeness (QED) is 0.347. The van der Waals surface area contributed by atoms with Gasteiger partial charge in [-0.25, -0.2) is 9.59 Å². The van der Waals surface area contributed by atoms with Crippen molar-refractivity contribution in [3.05, 3.63) is 83.9 Å². The van der Waals surface area contributed by atoms with Crippen LogP contribution in [0.5, 0.6) is 0 Å². The minimum absolute atomic E-state index is 0.0725. The first-order chi connectivity index (χ1) is 15.0. The topological polar surface area (TPSA) is 80.3 Å².